The fourth-order valence-electron chi connectivity index (χ4n) is 10.7. The van der Waals surface area contributed by atoms with E-state index in [0.29, 0.717) is 26.0 Å². The Morgan fingerprint density at radius 2 is 1.84 bits per heavy atom. The second-order valence-electron chi connectivity index (χ2n) is 11.7. The van der Waals surface area contributed by atoms with Gasteiger partial charge in [0.1, 0.15) is 11.2 Å². The number of likely N-dealkylation sites (tertiary alicyclic amines) is 1. The van der Waals surface area contributed by atoms with Crippen molar-refractivity contribution in [2.24, 2.45) is 34.5 Å². The van der Waals surface area contributed by atoms with Gasteiger partial charge < -0.3 is 34.6 Å². The third-order valence-electron chi connectivity index (χ3n) is 11.2. The van der Waals surface area contributed by atoms with E-state index in [9.17, 15) is 20.4 Å². The number of methoxy groups -OCH3 is 3. The molecule has 32 heavy (non-hydrogen) atoms. The molecule has 0 aromatic rings. The zero-order valence-electron chi connectivity index (χ0n) is 19.6. The van der Waals surface area contributed by atoms with Gasteiger partial charge in [0.05, 0.1) is 37.1 Å². The summed E-state index contributed by atoms with van der Waals surface area (Å²) in [6.45, 7) is 4.05. The van der Waals surface area contributed by atoms with Gasteiger partial charge in [-0.2, -0.15) is 0 Å². The number of hydrogen-bond donors (Lipinski definition) is 4. The number of aliphatic hydroxyl groups is 4. The topological polar surface area (TPSA) is 112 Å². The van der Waals surface area contributed by atoms with Crippen LogP contribution < -0.4 is 0 Å². The van der Waals surface area contributed by atoms with Crippen LogP contribution in [0.3, 0.4) is 0 Å². The van der Waals surface area contributed by atoms with Crippen LogP contribution in [0.25, 0.3) is 0 Å². The molecule has 4 N–H and O–H groups in total. The van der Waals surface area contributed by atoms with E-state index in [1.807, 2.05) is 0 Å². The van der Waals surface area contributed by atoms with Crippen LogP contribution in [0, 0.1) is 34.5 Å². The predicted molar refractivity (Wildman–Crippen MR) is 114 cm³/mol. The molecular formula is C24H39NO7. The molecule has 3 unspecified atom stereocenters. The molecule has 6 rings (SSSR count). The fraction of sp³-hybridized carbons (Fsp3) is 1.00. The Labute approximate surface area is 189 Å². The molecule has 1 aliphatic heterocycles. The summed E-state index contributed by atoms with van der Waals surface area (Å²) in [7, 11) is 4.95. The van der Waals surface area contributed by atoms with Crippen LogP contribution in [0.15, 0.2) is 0 Å². The quantitative estimate of drug-likeness (QED) is 0.446. The van der Waals surface area contributed by atoms with Gasteiger partial charge in [-0.1, -0.05) is 6.92 Å². The molecule has 1 heterocycles. The first-order valence-corrected chi connectivity index (χ1v) is 12.3. The van der Waals surface area contributed by atoms with Gasteiger partial charge in [-0.25, -0.2) is 0 Å². The maximum Gasteiger partial charge on any atom is 0.136 e. The molecule has 7 bridgehead atoms. The summed E-state index contributed by atoms with van der Waals surface area (Å²) in [5.41, 5.74) is -4.15. The number of fused-ring (bicyclic) bond motifs is 2. The van der Waals surface area contributed by atoms with E-state index in [1.165, 1.54) is 0 Å². The number of likely N-dealkylation sites (N-methyl/N-ethyl adjacent to an activating group) is 1. The normalized spacial score (nSPS) is 62.4. The Hall–Kier alpha value is -0.320. The first kappa shape index (κ1) is 22.2. The zero-order valence-corrected chi connectivity index (χ0v) is 19.6. The first-order valence-electron chi connectivity index (χ1n) is 12.3. The third-order valence-corrected chi connectivity index (χ3v) is 11.2. The highest BCUT2D eigenvalue weighted by Crippen LogP contribution is 2.80. The lowest BCUT2D eigenvalue weighted by molar-refractivity contribution is -0.317. The average molecular weight is 454 g/mol. The molecule has 1 spiro atoms. The molecule has 13 atom stereocenters. The predicted octanol–water partition coefficient (Wildman–Crippen LogP) is -0.383. The average Bonchev–Trinajstić information content (AvgIpc) is 3.14. The van der Waals surface area contributed by atoms with Gasteiger partial charge in [-0.3, -0.25) is 4.90 Å². The maximum absolute atomic E-state index is 12.8. The standard InChI is InChI=1S/C24H39NO7/c1-5-25-10-21(11-30-2)7-6-15(26)23-13-8-12-14(31-3)9-22(28,16(13)17(12)27)24(29,20(23)25)19(32-4)18(21)23/h12-20,26-29H,5-11H2,1-4H3/t12?,13-,14+,15+,16?,17+,18-,19+,20-,21+,22-,23?,24+/m1/s1. The van der Waals surface area contributed by atoms with Crippen LogP contribution in [0.1, 0.15) is 32.6 Å². The Morgan fingerprint density at radius 1 is 1.09 bits per heavy atom. The van der Waals surface area contributed by atoms with Crippen molar-refractivity contribution in [1.82, 2.24) is 4.90 Å². The summed E-state index contributed by atoms with van der Waals surface area (Å²) in [6.07, 6.45) is -0.0296. The SMILES string of the molecule is CCN1C[C@]2(COC)CC[C@H](O)C34[C@@H]5CC6[C@H](O)C5[C@](O)(C[C@@H]6OC)[C@@](O)([C@H]13)[C@@H](OC)[C@@H]42. The third kappa shape index (κ3) is 1.99. The largest absolute Gasteiger partial charge is 0.392 e. The lowest BCUT2D eigenvalue weighted by atomic mass is 9.42. The van der Waals surface area contributed by atoms with Gasteiger partial charge in [0.15, 0.2) is 0 Å². The van der Waals surface area contributed by atoms with Crippen molar-refractivity contribution in [1.29, 1.82) is 0 Å². The number of ether oxygens (including phenoxy) is 3. The van der Waals surface area contributed by atoms with Gasteiger partial charge >= 0.3 is 0 Å². The van der Waals surface area contributed by atoms with Crippen molar-refractivity contribution in [3.8, 4) is 0 Å². The van der Waals surface area contributed by atoms with Gasteiger partial charge in [0.2, 0.25) is 0 Å². The van der Waals surface area contributed by atoms with Gasteiger partial charge in [-0.15, -0.1) is 0 Å². The van der Waals surface area contributed by atoms with E-state index in [4.69, 9.17) is 14.2 Å². The molecule has 6 fully saturated rings. The van der Waals surface area contributed by atoms with Crippen LogP contribution in [-0.4, -0.2) is 108 Å². The minimum absolute atomic E-state index is 0.102. The highest BCUT2D eigenvalue weighted by molar-refractivity contribution is 5.41. The molecule has 182 valence electrons. The number of hydrogen-bond acceptors (Lipinski definition) is 8. The number of rotatable bonds is 5. The molecule has 0 aromatic carbocycles. The van der Waals surface area contributed by atoms with Crippen molar-refractivity contribution in [2.45, 2.75) is 74.3 Å². The van der Waals surface area contributed by atoms with Gasteiger partial charge in [0, 0.05) is 62.9 Å². The van der Waals surface area contributed by atoms with E-state index in [2.05, 4.69) is 11.8 Å². The summed E-state index contributed by atoms with van der Waals surface area (Å²) in [5, 5.41) is 48.5. The first-order chi connectivity index (χ1) is 15.2. The smallest absolute Gasteiger partial charge is 0.136 e. The van der Waals surface area contributed by atoms with Gasteiger partial charge in [-0.05, 0) is 31.7 Å². The summed E-state index contributed by atoms with van der Waals surface area (Å²) in [6, 6.07) is -0.442. The molecule has 1 saturated heterocycles. The van der Waals surface area contributed by atoms with Gasteiger partial charge in [0.25, 0.3) is 0 Å². The minimum Gasteiger partial charge on any atom is -0.392 e. The summed E-state index contributed by atoms with van der Waals surface area (Å²) < 4.78 is 17.7. The van der Waals surface area contributed by atoms with E-state index >= 15 is 0 Å². The molecular weight excluding hydrogens is 414 g/mol. The summed E-state index contributed by atoms with van der Waals surface area (Å²) >= 11 is 0. The van der Waals surface area contributed by atoms with Crippen molar-refractivity contribution in [3.05, 3.63) is 0 Å². The Kier molecular flexibility index (Phi) is 4.62. The number of piperidine rings is 1. The van der Waals surface area contributed by atoms with Crippen LogP contribution in [0.5, 0.6) is 0 Å². The van der Waals surface area contributed by atoms with Crippen molar-refractivity contribution < 1.29 is 34.6 Å². The van der Waals surface area contributed by atoms with E-state index < -0.39 is 46.9 Å². The van der Waals surface area contributed by atoms with Crippen LogP contribution >= 0.6 is 0 Å². The fourth-order valence-corrected chi connectivity index (χ4v) is 10.7. The van der Waals surface area contributed by atoms with E-state index in [0.717, 1.165) is 13.0 Å². The molecule has 0 amide bonds. The summed E-state index contributed by atoms with van der Waals surface area (Å²) in [5.74, 6) is -0.889. The Balaban J connectivity index is 1.67. The molecule has 8 heteroatoms. The number of aliphatic hydroxyl groups excluding tert-OH is 2. The van der Waals surface area contributed by atoms with Crippen molar-refractivity contribution in [3.63, 3.8) is 0 Å². The molecule has 0 aromatic heterocycles. The van der Waals surface area contributed by atoms with Crippen molar-refractivity contribution in [2.75, 3.05) is 41.0 Å². The molecule has 6 aliphatic rings. The summed E-state index contributed by atoms with van der Waals surface area (Å²) in [4.78, 5) is 2.28. The Morgan fingerprint density at radius 3 is 2.47 bits per heavy atom. The van der Waals surface area contributed by atoms with Crippen LogP contribution in [0.4, 0.5) is 0 Å². The second-order valence-corrected chi connectivity index (χ2v) is 11.7. The molecule has 0 radical (unpaired) electrons. The monoisotopic (exact) mass is 453 g/mol. The Bertz CT molecular complexity index is 798. The van der Waals surface area contributed by atoms with Crippen LogP contribution in [0.2, 0.25) is 0 Å². The molecule has 5 saturated carbocycles. The minimum atomic E-state index is -1.63. The lowest BCUT2D eigenvalue weighted by Gasteiger charge is -2.69. The highest BCUT2D eigenvalue weighted by atomic mass is 16.5. The second kappa shape index (κ2) is 6.66. The molecule has 5 aliphatic carbocycles. The van der Waals surface area contributed by atoms with Crippen molar-refractivity contribution >= 4 is 0 Å². The highest BCUT2D eigenvalue weighted by Gasteiger charge is 2.91. The number of nitrogens with zero attached hydrogens (tertiary/aromatic N) is 1. The lowest BCUT2D eigenvalue weighted by Crippen LogP contribution is -2.81. The van der Waals surface area contributed by atoms with E-state index in [-0.39, 0.29) is 35.7 Å². The van der Waals surface area contributed by atoms with Crippen LogP contribution in [-0.2, 0) is 14.2 Å². The maximum atomic E-state index is 12.8. The van der Waals surface area contributed by atoms with E-state index in [1.54, 1.807) is 21.3 Å². The zero-order chi connectivity index (χ0) is 22.8. The molecule has 8 nitrogen and oxygen atoms in total.